The first kappa shape index (κ1) is 14.2. The van der Waals surface area contributed by atoms with Crippen LogP contribution in [0.1, 0.15) is 13.8 Å². The molecule has 0 saturated heterocycles. The van der Waals surface area contributed by atoms with E-state index in [4.69, 9.17) is 9.47 Å². The number of hydrogen-bond donors (Lipinski definition) is 0. The second kappa shape index (κ2) is 6.29. The molecule has 2 aromatic rings. The molecule has 0 unspecified atom stereocenters. The van der Waals surface area contributed by atoms with Gasteiger partial charge in [0, 0.05) is 5.39 Å². The molecule has 0 aliphatic rings. The van der Waals surface area contributed by atoms with Crippen molar-refractivity contribution < 1.29 is 9.47 Å². The summed E-state index contributed by atoms with van der Waals surface area (Å²) in [6, 6.07) is 12.1. The maximum atomic E-state index is 5.89. The van der Waals surface area contributed by atoms with Gasteiger partial charge in [-0.25, -0.2) is 0 Å². The van der Waals surface area contributed by atoms with Crippen molar-refractivity contribution in [3.05, 3.63) is 60.7 Å². The molecule has 0 N–H and O–H groups in total. The Bertz CT molecular complexity index is 641. The van der Waals surface area contributed by atoms with Crippen LogP contribution in [0.15, 0.2) is 60.7 Å². The van der Waals surface area contributed by atoms with Crippen molar-refractivity contribution in [3.8, 4) is 11.5 Å². The minimum atomic E-state index is 0.484. The summed E-state index contributed by atoms with van der Waals surface area (Å²) in [7, 11) is 0. The molecule has 0 aliphatic carbocycles. The lowest BCUT2D eigenvalue weighted by Crippen LogP contribution is -2.03. The lowest BCUT2D eigenvalue weighted by Gasteiger charge is -2.15. The fourth-order valence-corrected chi connectivity index (χ4v) is 1.88. The van der Waals surface area contributed by atoms with E-state index in [1.165, 1.54) is 0 Å². The highest BCUT2D eigenvalue weighted by atomic mass is 16.5. The molecule has 0 heterocycles. The first-order chi connectivity index (χ1) is 9.58. The summed E-state index contributed by atoms with van der Waals surface area (Å²) in [5.41, 5.74) is 1.95. The second-order valence-electron chi connectivity index (χ2n) is 5.11. The number of fused-ring (bicyclic) bond motifs is 1. The van der Waals surface area contributed by atoms with Crippen LogP contribution in [0.3, 0.4) is 0 Å². The Labute approximate surface area is 120 Å². The molecule has 0 fully saturated rings. The van der Waals surface area contributed by atoms with Gasteiger partial charge in [-0.2, -0.15) is 0 Å². The van der Waals surface area contributed by atoms with Gasteiger partial charge in [-0.05, 0) is 36.4 Å². The van der Waals surface area contributed by atoms with Gasteiger partial charge < -0.3 is 9.47 Å². The molecule has 2 aromatic carbocycles. The van der Waals surface area contributed by atoms with Gasteiger partial charge in [0.25, 0.3) is 0 Å². The maximum Gasteiger partial charge on any atom is 0.169 e. The maximum absolute atomic E-state index is 5.89. The standard InChI is InChI=1S/C18H20O2/c1-13(2)11-19-17-10-9-15-7-5-6-8-16(15)18(17)20-12-14(3)4/h5-10H,1,3,11-12H2,2,4H3. The predicted molar refractivity (Wildman–Crippen MR) is 84.6 cm³/mol. The largest absolute Gasteiger partial charge is 0.485 e. The minimum absolute atomic E-state index is 0.484. The summed E-state index contributed by atoms with van der Waals surface area (Å²) in [6.45, 7) is 12.6. The van der Waals surface area contributed by atoms with Gasteiger partial charge in [0.05, 0.1) is 0 Å². The first-order valence-electron chi connectivity index (χ1n) is 6.64. The Kier molecular flexibility index (Phi) is 4.46. The molecule has 0 aliphatic heterocycles. The zero-order chi connectivity index (χ0) is 14.5. The average molecular weight is 268 g/mol. The third-order valence-electron chi connectivity index (χ3n) is 2.78. The Morgan fingerprint density at radius 1 is 0.900 bits per heavy atom. The molecular weight excluding hydrogens is 248 g/mol. The first-order valence-corrected chi connectivity index (χ1v) is 6.64. The lowest BCUT2D eigenvalue weighted by atomic mass is 10.1. The van der Waals surface area contributed by atoms with Crippen LogP contribution in [-0.4, -0.2) is 13.2 Å². The van der Waals surface area contributed by atoms with Crippen LogP contribution in [0.4, 0.5) is 0 Å². The topological polar surface area (TPSA) is 18.5 Å². The molecule has 20 heavy (non-hydrogen) atoms. The fourth-order valence-electron chi connectivity index (χ4n) is 1.88. The molecule has 0 atom stereocenters. The third kappa shape index (κ3) is 3.41. The normalized spacial score (nSPS) is 10.3. The third-order valence-corrected chi connectivity index (χ3v) is 2.78. The highest BCUT2D eigenvalue weighted by Gasteiger charge is 2.10. The van der Waals surface area contributed by atoms with Crippen LogP contribution in [0, 0.1) is 0 Å². The van der Waals surface area contributed by atoms with Crippen LogP contribution in [0.2, 0.25) is 0 Å². The number of hydrogen-bond acceptors (Lipinski definition) is 2. The number of rotatable bonds is 6. The van der Waals surface area contributed by atoms with Crippen molar-refractivity contribution in [2.24, 2.45) is 0 Å². The van der Waals surface area contributed by atoms with Crippen LogP contribution < -0.4 is 9.47 Å². The Morgan fingerprint density at radius 2 is 1.55 bits per heavy atom. The zero-order valence-electron chi connectivity index (χ0n) is 12.1. The van der Waals surface area contributed by atoms with Gasteiger partial charge in [-0.3, -0.25) is 0 Å². The molecule has 2 rings (SSSR count). The van der Waals surface area contributed by atoms with Crippen molar-refractivity contribution in [1.29, 1.82) is 0 Å². The lowest BCUT2D eigenvalue weighted by molar-refractivity contribution is 0.302. The summed E-state index contributed by atoms with van der Waals surface area (Å²) in [5.74, 6) is 1.51. The molecule has 0 amide bonds. The molecule has 0 saturated carbocycles. The van der Waals surface area contributed by atoms with Gasteiger partial charge >= 0.3 is 0 Å². The predicted octanol–water partition coefficient (Wildman–Crippen LogP) is 4.75. The summed E-state index contributed by atoms with van der Waals surface area (Å²) >= 11 is 0. The Balaban J connectivity index is 2.41. The summed E-state index contributed by atoms with van der Waals surface area (Å²) in [5, 5.41) is 2.18. The summed E-state index contributed by atoms with van der Waals surface area (Å²) in [4.78, 5) is 0. The van der Waals surface area contributed by atoms with Gasteiger partial charge in [0.2, 0.25) is 0 Å². The smallest absolute Gasteiger partial charge is 0.169 e. The van der Waals surface area contributed by atoms with Crippen LogP contribution in [0.25, 0.3) is 10.8 Å². The zero-order valence-corrected chi connectivity index (χ0v) is 12.1. The summed E-state index contributed by atoms with van der Waals surface area (Å²) < 4.78 is 11.7. The van der Waals surface area contributed by atoms with Crippen LogP contribution >= 0.6 is 0 Å². The van der Waals surface area contributed by atoms with E-state index in [1.54, 1.807) is 0 Å². The van der Waals surface area contributed by atoms with Crippen LogP contribution in [0.5, 0.6) is 11.5 Å². The van der Waals surface area contributed by atoms with E-state index in [0.29, 0.717) is 13.2 Å². The van der Waals surface area contributed by atoms with E-state index in [1.807, 2.05) is 44.2 Å². The van der Waals surface area contributed by atoms with E-state index in [2.05, 4.69) is 19.2 Å². The van der Waals surface area contributed by atoms with Gasteiger partial charge in [-0.1, -0.05) is 43.5 Å². The monoisotopic (exact) mass is 268 g/mol. The molecule has 0 bridgehead atoms. The Hall–Kier alpha value is -2.22. The van der Waals surface area contributed by atoms with Gasteiger partial charge in [-0.15, -0.1) is 0 Å². The van der Waals surface area contributed by atoms with Crippen molar-refractivity contribution >= 4 is 10.8 Å². The molecule has 2 nitrogen and oxygen atoms in total. The summed E-state index contributed by atoms with van der Waals surface area (Å²) in [6.07, 6.45) is 0. The van der Waals surface area contributed by atoms with E-state index < -0.39 is 0 Å². The fraction of sp³-hybridized carbons (Fsp3) is 0.222. The highest BCUT2D eigenvalue weighted by molar-refractivity contribution is 5.90. The molecule has 0 aromatic heterocycles. The van der Waals surface area contributed by atoms with Gasteiger partial charge in [0.15, 0.2) is 11.5 Å². The van der Waals surface area contributed by atoms with Crippen molar-refractivity contribution in [2.75, 3.05) is 13.2 Å². The van der Waals surface area contributed by atoms with E-state index in [9.17, 15) is 0 Å². The van der Waals surface area contributed by atoms with E-state index in [0.717, 1.165) is 33.4 Å². The van der Waals surface area contributed by atoms with Crippen molar-refractivity contribution in [3.63, 3.8) is 0 Å². The van der Waals surface area contributed by atoms with E-state index >= 15 is 0 Å². The molecule has 104 valence electrons. The molecule has 0 radical (unpaired) electrons. The van der Waals surface area contributed by atoms with Crippen molar-refractivity contribution in [1.82, 2.24) is 0 Å². The molecule has 2 heteroatoms. The number of benzene rings is 2. The van der Waals surface area contributed by atoms with Gasteiger partial charge in [0.1, 0.15) is 13.2 Å². The van der Waals surface area contributed by atoms with E-state index in [-0.39, 0.29) is 0 Å². The van der Waals surface area contributed by atoms with Crippen molar-refractivity contribution in [2.45, 2.75) is 13.8 Å². The SMILES string of the molecule is C=C(C)COc1ccc2ccccc2c1OCC(=C)C. The molecule has 0 spiro atoms. The average Bonchev–Trinajstić information content (AvgIpc) is 2.42. The van der Waals surface area contributed by atoms with Crippen LogP contribution in [-0.2, 0) is 0 Å². The number of ether oxygens (including phenoxy) is 2. The highest BCUT2D eigenvalue weighted by Crippen LogP contribution is 2.36. The minimum Gasteiger partial charge on any atom is -0.485 e. The Morgan fingerprint density at radius 3 is 2.25 bits per heavy atom. The second-order valence-corrected chi connectivity index (χ2v) is 5.11. The molecular formula is C18H20O2. The quantitative estimate of drug-likeness (QED) is 0.704.